The predicted molar refractivity (Wildman–Crippen MR) is 90.9 cm³/mol. The van der Waals surface area contributed by atoms with E-state index >= 15 is 0 Å². The molecule has 2 N–H and O–H groups in total. The topological polar surface area (TPSA) is 32.5 Å². The van der Waals surface area contributed by atoms with Gasteiger partial charge in [0.15, 0.2) is 0 Å². The van der Waals surface area contributed by atoms with Crippen LogP contribution in [0.3, 0.4) is 0 Å². The molecule has 2 rings (SSSR count). The minimum atomic E-state index is 0.295. The fourth-order valence-corrected chi connectivity index (χ4v) is 3.32. The molecule has 1 aromatic rings. The second-order valence-electron chi connectivity index (χ2n) is 5.86. The van der Waals surface area contributed by atoms with Crippen LogP contribution in [0.25, 0.3) is 0 Å². The van der Waals surface area contributed by atoms with Crippen molar-refractivity contribution in [2.24, 2.45) is 5.73 Å². The molecule has 0 radical (unpaired) electrons. The van der Waals surface area contributed by atoms with Crippen LogP contribution in [0.2, 0.25) is 5.02 Å². The van der Waals surface area contributed by atoms with E-state index in [9.17, 15) is 0 Å². The molecular weight excluding hydrogens is 290 g/mol. The monoisotopic (exact) mass is 311 g/mol. The summed E-state index contributed by atoms with van der Waals surface area (Å²) in [6.45, 7) is 1.00. The van der Waals surface area contributed by atoms with Crippen molar-refractivity contribution in [2.45, 2.75) is 24.8 Å². The third-order valence-electron chi connectivity index (χ3n) is 4.42. The molecule has 0 aromatic heterocycles. The molecule has 1 aromatic carbocycles. The Bertz CT molecular complexity index is 512. The van der Waals surface area contributed by atoms with E-state index in [1.807, 2.05) is 18.2 Å². The highest BCUT2D eigenvalue weighted by Crippen LogP contribution is 2.37. The number of hydrogen-bond donors (Lipinski definition) is 1. The molecule has 0 bridgehead atoms. The summed E-state index contributed by atoms with van der Waals surface area (Å²) in [4.78, 5) is 4.94. The highest BCUT2D eigenvalue weighted by atomic mass is 35.5. The summed E-state index contributed by atoms with van der Waals surface area (Å²) < 4.78 is 0. The third-order valence-corrected chi connectivity index (χ3v) is 4.96. The van der Waals surface area contributed by atoms with E-state index in [-0.39, 0.29) is 0 Å². The van der Waals surface area contributed by atoms with Crippen LogP contribution in [0.15, 0.2) is 18.2 Å². The molecule has 20 heavy (non-hydrogen) atoms. The lowest BCUT2D eigenvalue weighted by Gasteiger charge is -2.49. The molecule has 1 fully saturated rings. The van der Waals surface area contributed by atoms with Crippen LogP contribution in [0.5, 0.6) is 0 Å². The smallest absolute Gasteiger partial charge is 0.105 e. The van der Waals surface area contributed by atoms with Gasteiger partial charge in [-0.2, -0.15) is 0 Å². The summed E-state index contributed by atoms with van der Waals surface area (Å²) in [7, 11) is 6.43. The molecule has 0 atom stereocenters. The Morgan fingerprint density at radius 3 is 2.40 bits per heavy atom. The second-order valence-corrected chi connectivity index (χ2v) is 6.70. The molecular formula is C15H22ClN3S. The Balaban J connectivity index is 2.15. The van der Waals surface area contributed by atoms with Crippen molar-refractivity contribution >= 4 is 34.5 Å². The van der Waals surface area contributed by atoms with Crippen molar-refractivity contribution in [3.63, 3.8) is 0 Å². The lowest BCUT2D eigenvalue weighted by atomic mass is 9.75. The molecule has 1 aliphatic carbocycles. The van der Waals surface area contributed by atoms with Gasteiger partial charge in [-0.15, -0.1) is 0 Å². The van der Waals surface area contributed by atoms with E-state index in [1.165, 1.54) is 19.3 Å². The van der Waals surface area contributed by atoms with Gasteiger partial charge in [0.05, 0.1) is 5.02 Å². The summed E-state index contributed by atoms with van der Waals surface area (Å²) in [5, 5.41) is 0.620. The summed E-state index contributed by atoms with van der Waals surface area (Å²) in [6, 6.07) is 5.88. The number of nitrogens with two attached hydrogens (primary N) is 1. The minimum absolute atomic E-state index is 0.295. The Hall–Kier alpha value is -0.840. The zero-order valence-corrected chi connectivity index (χ0v) is 13.9. The number of benzene rings is 1. The van der Waals surface area contributed by atoms with Gasteiger partial charge in [0.2, 0.25) is 0 Å². The van der Waals surface area contributed by atoms with Crippen molar-refractivity contribution in [3.8, 4) is 0 Å². The molecule has 0 unspecified atom stereocenters. The first-order chi connectivity index (χ1) is 9.35. The average Bonchev–Trinajstić information content (AvgIpc) is 2.32. The van der Waals surface area contributed by atoms with Crippen LogP contribution in [0.1, 0.15) is 24.8 Å². The van der Waals surface area contributed by atoms with Crippen LogP contribution in [-0.4, -0.2) is 43.1 Å². The Morgan fingerprint density at radius 2 is 2.00 bits per heavy atom. The summed E-state index contributed by atoms with van der Waals surface area (Å²) in [5.41, 5.74) is 7.77. The average molecular weight is 312 g/mol. The van der Waals surface area contributed by atoms with Crippen LogP contribution in [-0.2, 0) is 0 Å². The van der Waals surface area contributed by atoms with Gasteiger partial charge < -0.3 is 15.5 Å². The van der Waals surface area contributed by atoms with E-state index in [1.54, 1.807) is 0 Å². The number of thiocarbonyl (C=S) groups is 1. The summed E-state index contributed by atoms with van der Waals surface area (Å²) in [5.74, 6) is 0. The van der Waals surface area contributed by atoms with Gasteiger partial charge in [-0.05, 0) is 51.6 Å². The predicted octanol–water partition coefficient (Wildman–Crippen LogP) is 2.89. The van der Waals surface area contributed by atoms with Crippen molar-refractivity contribution in [3.05, 3.63) is 28.8 Å². The molecule has 1 saturated carbocycles. The highest BCUT2D eigenvalue weighted by Gasteiger charge is 2.39. The molecule has 3 nitrogen and oxygen atoms in total. The zero-order chi connectivity index (χ0) is 14.9. The number of nitrogens with zero attached hydrogens (tertiary/aromatic N) is 2. The largest absolute Gasteiger partial charge is 0.389 e. The quantitative estimate of drug-likeness (QED) is 0.848. The Morgan fingerprint density at radius 1 is 1.35 bits per heavy atom. The van der Waals surface area contributed by atoms with Gasteiger partial charge in [-0.1, -0.05) is 23.8 Å². The highest BCUT2D eigenvalue weighted by molar-refractivity contribution is 7.80. The lowest BCUT2D eigenvalue weighted by molar-refractivity contribution is 0.0683. The van der Waals surface area contributed by atoms with Gasteiger partial charge in [-0.3, -0.25) is 0 Å². The molecule has 0 aliphatic heterocycles. The number of rotatable bonds is 5. The molecule has 5 heteroatoms. The van der Waals surface area contributed by atoms with Crippen molar-refractivity contribution in [2.75, 3.05) is 32.6 Å². The van der Waals surface area contributed by atoms with Crippen molar-refractivity contribution in [1.82, 2.24) is 4.90 Å². The van der Waals surface area contributed by atoms with Gasteiger partial charge in [-0.25, -0.2) is 0 Å². The van der Waals surface area contributed by atoms with Crippen LogP contribution < -0.4 is 10.6 Å². The number of likely N-dealkylation sites (N-methyl/N-ethyl adjacent to an activating group) is 2. The minimum Gasteiger partial charge on any atom is -0.389 e. The van der Waals surface area contributed by atoms with Crippen LogP contribution >= 0.6 is 23.8 Å². The molecule has 0 saturated heterocycles. The van der Waals surface area contributed by atoms with E-state index < -0.39 is 0 Å². The summed E-state index contributed by atoms with van der Waals surface area (Å²) in [6.07, 6.45) is 3.82. The Labute approximate surface area is 131 Å². The molecule has 0 spiro atoms. The van der Waals surface area contributed by atoms with Crippen molar-refractivity contribution in [1.29, 1.82) is 0 Å². The van der Waals surface area contributed by atoms with Gasteiger partial charge in [0.1, 0.15) is 4.99 Å². The SMILES string of the molecule is CN(CC1(N(C)C)CCC1)c1ccc(C(N)=S)c(Cl)c1. The van der Waals surface area contributed by atoms with Crippen molar-refractivity contribution < 1.29 is 0 Å². The van der Waals surface area contributed by atoms with E-state index in [0.717, 1.165) is 17.8 Å². The molecule has 0 amide bonds. The van der Waals surface area contributed by atoms with E-state index in [0.29, 0.717) is 15.6 Å². The van der Waals surface area contributed by atoms with Gasteiger partial charge >= 0.3 is 0 Å². The number of halogens is 1. The molecule has 110 valence electrons. The second kappa shape index (κ2) is 5.88. The summed E-state index contributed by atoms with van der Waals surface area (Å²) >= 11 is 11.2. The number of anilines is 1. The first kappa shape index (κ1) is 15.5. The van der Waals surface area contributed by atoms with Crippen LogP contribution in [0.4, 0.5) is 5.69 Å². The first-order valence-electron chi connectivity index (χ1n) is 6.84. The lowest BCUT2D eigenvalue weighted by Crippen LogP contribution is -2.56. The first-order valence-corrected chi connectivity index (χ1v) is 7.62. The fourth-order valence-electron chi connectivity index (χ4n) is 2.81. The van der Waals surface area contributed by atoms with Gasteiger partial charge in [0.25, 0.3) is 0 Å². The number of hydrogen-bond acceptors (Lipinski definition) is 3. The van der Waals surface area contributed by atoms with Gasteiger partial charge in [0, 0.05) is 30.4 Å². The maximum Gasteiger partial charge on any atom is 0.105 e. The van der Waals surface area contributed by atoms with E-state index in [4.69, 9.17) is 29.6 Å². The molecule has 0 heterocycles. The Kier molecular flexibility index (Phi) is 4.57. The third kappa shape index (κ3) is 2.92. The van der Waals surface area contributed by atoms with E-state index in [2.05, 4.69) is 30.9 Å². The standard InChI is InChI=1S/C15H22ClN3S/c1-18(2)15(7-4-8-15)10-19(3)11-5-6-12(14(17)20)13(16)9-11/h5-6,9H,4,7-8,10H2,1-3H3,(H2,17,20). The fraction of sp³-hybridized carbons (Fsp3) is 0.533. The molecule has 1 aliphatic rings. The van der Waals surface area contributed by atoms with Crippen LogP contribution in [0, 0.1) is 0 Å². The zero-order valence-electron chi connectivity index (χ0n) is 12.3. The maximum absolute atomic E-state index is 6.25. The normalized spacial score (nSPS) is 16.9. The maximum atomic E-state index is 6.25.